The van der Waals surface area contributed by atoms with Crippen LogP contribution in [0.4, 0.5) is 0 Å². The monoisotopic (exact) mass is 345 g/mol. The van der Waals surface area contributed by atoms with Crippen molar-refractivity contribution in [1.29, 1.82) is 0 Å². The number of hydrogen-bond acceptors (Lipinski definition) is 6. The summed E-state index contributed by atoms with van der Waals surface area (Å²) in [6, 6.07) is 0. The molecule has 0 bridgehead atoms. The number of hydrazone groups is 1. The third kappa shape index (κ3) is 3.72. The third-order valence-electron chi connectivity index (χ3n) is 4.48. The van der Waals surface area contributed by atoms with Crippen LogP contribution in [0, 0.1) is 0 Å². The summed E-state index contributed by atoms with van der Waals surface area (Å²) in [5, 5.41) is 9.06. The van der Waals surface area contributed by atoms with E-state index >= 15 is 0 Å². The molecule has 1 amide bonds. The van der Waals surface area contributed by atoms with Crippen molar-refractivity contribution in [3.05, 3.63) is 30.0 Å². The quantitative estimate of drug-likeness (QED) is 0.819. The normalized spacial score (nSPS) is 20.5. The number of carbonyl (C=O) groups is 2. The molecule has 0 aromatic carbocycles. The zero-order valence-corrected chi connectivity index (χ0v) is 14.6. The molecule has 1 aromatic rings. The minimum Gasteiger partial charge on any atom is -0.463 e. The van der Waals surface area contributed by atoms with E-state index < -0.39 is 0 Å². The lowest BCUT2D eigenvalue weighted by molar-refractivity contribution is -0.138. The van der Waals surface area contributed by atoms with Crippen LogP contribution in [-0.4, -0.2) is 45.8 Å². The van der Waals surface area contributed by atoms with Crippen molar-refractivity contribution in [3.8, 4) is 0 Å². The van der Waals surface area contributed by atoms with E-state index in [1.165, 1.54) is 0 Å². The maximum atomic E-state index is 12.5. The fraction of sp³-hybridized carbons (Fsp3) is 0.529. The van der Waals surface area contributed by atoms with Crippen molar-refractivity contribution >= 4 is 17.6 Å². The molecule has 8 heteroatoms. The summed E-state index contributed by atoms with van der Waals surface area (Å²) in [4.78, 5) is 28.6. The largest absolute Gasteiger partial charge is 0.463 e. The van der Waals surface area contributed by atoms with Crippen molar-refractivity contribution < 1.29 is 14.3 Å². The molecule has 1 aliphatic heterocycles. The molecule has 1 aliphatic carbocycles. The van der Waals surface area contributed by atoms with Gasteiger partial charge in [0.15, 0.2) is 0 Å². The van der Waals surface area contributed by atoms with Gasteiger partial charge < -0.3 is 14.6 Å². The fourth-order valence-electron chi connectivity index (χ4n) is 3.24. The average Bonchev–Trinajstić information content (AvgIpc) is 3.26. The Balaban J connectivity index is 1.68. The highest BCUT2D eigenvalue weighted by atomic mass is 16.5. The number of allylic oxidation sites excluding steroid dienone is 1. The lowest BCUT2D eigenvalue weighted by atomic mass is 10.1. The van der Waals surface area contributed by atoms with Crippen LogP contribution in [0.2, 0.25) is 0 Å². The first-order valence-electron chi connectivity index (χ1n) is 8.58. The minimum absolute atomic E-state index is 0.0554. The van der Waals surface area contributed by atoms with Gasteiger partial charge in [0.2, 0.25) is 0 Å². The fourth-order valence-corrected chi connectivity index (χ4v) is 3.24. The Morgan fingerprint density at radius 2 is 2.20 bits per heavy atom. The van der Waals surface area contributed by atoms with E-state index in [0.717, 1.165) is 12.8 Å². The molecule has 0 fully saturated rings. The topological polar surface area (TPSA) is 88.8 Å². The molecular formula is C17H23N5O3. The highest BCUT2D eigenvalue weighted by molar-refractivity contribution is 6.39. The molecule has 0 saturated carbocycles. The Morgan fingerprint density at radius 1 is 1.36 bits per heavy atom. The van der Waals surface area contributed by atoms with E-state index in [2.05, 4.69) is 15.4 Å². The summed E-state index contributed by atoms with van der Waals surface area (Å²) < 4.78 is 7.03. The molecule has 1 aromatic heterocycles. The molecular weight excluding hydrogens is 322 g/mol. The van der Waals surface area contributed by atoms with Crippen LogP contribution in [0.5, 0.6) is 0 Å². The van der Waals surface area contributed by atoms with Gasteiger partial charge in [0, 0.05) is 31.6 Å². The summed E-state index contributed by atoms with van der Waals surface area (Å²) in [7, 11) is 1.84. The van der Waals surface area contributed by atoms with Gasteiger partial charge in [0.25, 0.3) is 5.91 Å². The number of aromatic nitrogens is 2. The predicted octanol–water partition coefficient (Wildman–Crippen LogP) is 1.58. The molecule has 25 heavy (non-hydrogen) atoms. The Hall–Kier alpha value is -2.64. The SMILES string of the molecule is CCOC(=O)C1=C(NC(=O)C2=NN(C)C(n3ccnc3)CC2)CCC1. The maximum absolute atomic E-state index is 12.5. The van der Waals surface area contributed by atoms with Gasteiger partial charge in [-0.3, -0.25) is 9.80 Å². The van der Waals surface area contributed by atoms with Crippen molar-refractivity contribution in [3.63, 3.8) is 0 Å². The van der Waals surface area contributed by atoms with E-state index in [1.54, 1.807) is 24.5 Å². The maximum Gasteiger partial charge on any atom is 0.335 e. The summed E-state index contributed by atoms with van der Waals surface area (Å²) in [5.41, 5.74) is 1.73. The predicted molar refractivity (Wildman–Crippen MR) is 91.3 cm³/mol. The average molecular weight is 345 g/mol. The highest BCUT2D eigenvalue weighted by Gasteiger charge is 2.28. The van der Waals surface area contributed by atoms with E-state index in [1.807, 2.05) is 17.8 Å². The first-order valence-corrected chi connectivity index (χ1v) is 8.58. The van der Waals surface area contributed by atoms with Crippen LogP contribution in [0.1, 0.15) is 45.2 Å². The van der Waals surface area contributed by atoms with Crippen LogP contribution in [0.3, 0.4) is 0 Å². The zero-order valence-electron chi connectivity index (χ0n) is 14.6. The molecule has 1 atom stereocenters. The van der Waals surface area contributed by atoms with Crippen molar-refractivity contribution in [2.75, 3.05) is 13.7 Å². The number of nitrogens with zero attached hydrogens (tertiary/aromatic N) is 4. The van der Waals surface area contributed by atoms with Crippen LogP contribution < -0.4 is 5.32 Å². The molecule has 134 valence electrons. The van der Waals surface area contributed by atoms with Gasteiger partial charge in [-0.1, -0.05) is 0 Å². The minimum atomic E-state index is -0.335. The number of nitrogens with one attached hydrogen (secondary N) is 1. The van der Waals surface area contributed by atoms with E-state index in [0.29, 0.717) is 42.9 Å². The molecule has 1 N–H and O–H groups in total. The Labute approximate surface area is 146 Å². The molecule has 3 rings (SSSR count). The van der Waals surface area contributed by atoms with Gasteiger partial charge in [-0.15, -0.1) is 0 Å². The van der Waals surface area contributed by atoms with E-state index in [-0.39, 0.29) is 18.0 Å². The van der Waals surface area contributed by atoms with E-state index in [9.17, 15) is 9.59 Å². The first-order chi connectivity index (χ1) is 12.1. The van der Waals surface area contributed by atoms with Crippen molar-refractivity contribution in [1.82, 2.24) is 19.9 Å². The van der Waals surface area contributed by atoms with Gasteiger partial charge in [-0.25, -0.2) is 9.78 Å². The molecule has 2 aliphatic rings. The number of hydrogen-bond donors (Lipinski definition) is 1. The van der Waals surface area contributed by atoms with Crippen LogP contribution in [0.25, 0.3) is 0 Å². The molecule has 2 heterocycles. The lowest BCUT2D eigenvalue weighted by Gasteiger charge is -2.31. The second-order valence-corrected chi connectivity index (χ2v) is 6.13. The smallest absolute Gasteiger partial charge is 0.335 e. The number of amides is 1. The van der Waals surface area contributed by atoms with Crippen molar-refractivity contribution in [2.24, 2.45) is 5.10 Å². The van der Waals surface area contributed by atoms with Crippen LogP contribution in [0.15, 0.2) is 35.1 Å². The summed E-state index contributed by atoms with van der Waals surface area (Å²) in [6.07, 6.45) is 8.92. The summed E-state index contributed by atoms with van der Waals surface area (Å²) >= 11 is 0. The Bertz CT molecular complexity index is 708. The second kappa shape index (κ2) is 7.50. The van der Waals surface area contributed by atoms with Gasteiger partial charge in [-0.05, 0) is 32.6 Å². The molecule has 0 spiro atoms. The Morgan fingerprint density at radius 3 is 2.88 bits per heavy atom. The Kier molecular flexibility index (Phi) is 5.16. The van der Waals surface area contributed by atoms with Gasteiger partial charge in [0.05, 0.1) is 18.5 Å². The third-order valence-corrected chi connectivity index (χ3v) is 4.48. The molecule has 0 saturated heterocycles. The zero-order chi connectivity index (χ0) is 17.8. The van der Waals surface area contributed by atoms with Crippen LogP contribution >= 0.6 is 0 Å². The number of rotatable bonds is 5. The van der Waals surface area contributed by atoms with Gasteiger partial charge in [-0.2, -0.15) is 5.10 Å². The van der Waals surface area contributed by atoms with Crippen molar-refractivity contribution in [2.45, 2.75) is 45.2 Å². The number of ether oxygens (including phenoxy) is 1. The van der Waals surface area contributed by atoms with Crippen LogP contribution in [-0.2, 0) is 14.3 Å². The lowest BCUT2D eigenvalue weighted by Crippen LogP contribution is -2.38. The number of imidazole rings is 1. The van der Waals surface area contributed by atoms with E-state index in [4.69, 9.17) is 4.74 Å². The number of esters is 1. The van der Waals surface area contributed by atoms with Gasteiger partial charge >= 0.3 is 5.97 Å². The number of carbonyl (C=O) groups excluding carboxylic acids is 2. The molecule has 0 radical (unpaired) electrons. The summed E-state index contributed by atoms with van der Waals surface area (Å²) in [6.45, 7) is 2.10. The highest BCUT2D eigenvalue weighted by Crippen LogP contribution is 2.26. The molecule has 1 unspecified atom stereocenters. The summed E-state index contributed by atoms with van der Waals surface area (Å²) in [5.74, 6) is -0.576. The first kappa shape index (κ1) is 17.2. The molecule has 8 nitrogen and oxygen atoms in total. The van der Waals surface area contributed by atoms with Gasteiger partial charge in [0.1, 0.15) is 11.9 Å². The second-order valence-electron chi connectivity index (χ2n) is 6.13. The standard InChI is InChI=1S/C17H23N5O3/c1-3-25-17(24)12-5-4-6-13(12)19-16(23)14-7-8-15(21(2)20-14)22-10-9-18-11-22/h9-11,15H,3-8H2,1-2H3,(H,19,23).